The second-order valence-corrected chi connectivity index (χ2v) is 6.97. The summed E-state index contributed by atoms with van der Waals surface area (Å²) in [5.74, 6) is 1.59. The first-order valence-corrected chi connectivity index (χ1v) is 8.48. The zero-order chi connectivity index (χ0) is 13.9. The van der Waals surface area contributed by atoms with Gasteiger partial charge >= 0.3 is 0 Å². The Hall–Kier alpha value is -1.22. The van der Waals surface area contributed by atoms with E-state index in [2.05, 4.69) is 31.1 Å². The van der Waals surface area contributed by atoms with Gasteiger partial charge in [0.2, 0.25) is 0 Å². The summed E-state index contributed by atoms with van der Waals surface area (Å²) >= 11 is 1.88. The summed E-state index contributed by atoms with van der Waals surface area (Å²) in [4.78, 5) is 10.2. The molecule has 1 aliphatic carbocycles. The summed E-state index contributed by atoms with van der Waals surface area (Å²) in [7, 11) is 0. The third-order valence-electron chi connectivity index (χ3n) is 4.44. The van der Waals surface area contributed by atoms with Crippen LogP contribution in [0.4, 0.5) is 0 Å². The molecule has 0 aromatic carbocycles. The van der Waals surface area contributed by atoms with Crippen molar-refractivity contribution in [3.05, 3.63) is 35.2 Å². The first-order valence-electron chi connectivity index (χ1n) is 7.67. The molecule has 0 radical (unpaired) electrons. The molecule has 2 heterocycles. The van der Waals surface area contributed by atoms with E-state index in [1.54, 1.807) is 0 Å². The Kier molecular flexibility index (Phi) is 4.16. The first-order chi connectivity index (χ1) is 9.78. The maximum Gasteiger partial charge on any atom is 0.0962 e. The Morgan fingerprint density at radius 1 is 1.20 bits per heavy atom. The van der Waals surface area contributed by atoms with Crippen LogP contribution in [0.25, 0.3) is 10.4 Å². The lowest BCUT2D eigenvalue weighted by molar-refractivity contribution is 0.347. The molecule has 0 aliphatic heterocycles. The van der Waals surface area contributed by atoms with Gasteiger partial charge in [-0.1, -0.05) is 26.7 Å². The molecule has 0 amide bonds. The third kappa shape index (κ3) is 2.78. The molecule has 0 unspecified atom stereocenters. The summed E-state index contributed by atoms with van der Waals surface area (Å²) in [5.41, 5.74) is 2.63. The maximum atomic E-state index is 4.71. The summed E-state index contributed by atoms with van der Waals surface area (Å²) < 4.78 is 0. The number of hydrogen-bond acceptors (Lipinski definition) is 3. The van der Waals surface area contributed by atoms with Gasteiger partial charge < -0.3 is 0 Å². The van der Waals surface area contributed by atoms with E-state index in [1.807, 2.05) is 23.7 Å². The predicted octanol–water partition coefficient (Wildman–Crippen LogP) is 5.06. The minimum atomic E-state index is 0.692. The van der Waals surface area contributed by atoms with E-state index < -0.39 is 0 Å². The average Bonchev–Trinajstić information content (AvgIpc) is 2.97. The summed E-state index contributed by atoms with van der Waals surface area (Å²) in [6, 6.07) is 2.12. The van der Waals surface area contributed by atoms with Gasteiger partial charge in [-0.3, -0.25) is 4.98 Å². The second kappa shape index (κ2) is 6.04. The predicted molar refractivity (Wildman–Crippen MR) is 85.1 cm³/mol. The smallest absolute Gasteiger partial charge is 0.0962 e. The largest absolute Gasteiger partial charge is 0.264 e. The van der Waals surface area contributed by atoms with Crippen LogP contribution in [0.5, 0.6) is 0 Å². The van der Waals surface area contributed by atoms with Crippen LogP contribution in [0.1, 0.15) is 56.0 Å². The van der Waals surface area contributed by atoms with Crippen molar-refractivity contribution in [1.82, 2.24) is 9.97 Å². The molecule has 0 atom stereocenters. The molecule has 2 nitrogen and oxygen atoms in total. The lowest BCUT2D eigenvalue weighted by atomic mass is 9.83. The highest BCUT2D eigenvalue weighted by atomic mass is 32.1. The van der Waals surface area contributed by atoms with E-state index in [0.29, 0.717) is 5.92 Å². The van der Waals surface area contributed by atoms with Crippen LogP contribution >= 0.6 is 11.3 Å². The van der Waals surface area contributed by atoms with Gasteiger partial charge in [-0.2, -0.15) is 0 Å². The van der Waals surface area contributed by atoms with Crippen molar-refractivity contribution in [2.75, 3.05) is 0 Å². The van der Waals surface area contributed by atoms with Crippen LogP contribution < -0.4 is 0 Å². The van der Waals surface area contributed by atoms with Crippen molar-refractivity contribution in [1.29, 1.82) is 0 Å². The number of rotatable bonds is 3. The molecule has 0 saturated heterocycles. The van der Waals surface area contributed by atoms with Gasteiger partial charge in [-0.25, -0.2) is 4.98 Å². The quantitative estimate of drug-likeness (QED) is 0.788. The van der Waals surface area contributed by atoms with Crippen molar-refractivity contribution in [3.63, 3.8) is 0 Å². The van der Waals surface area contributed by atoms with E-state index in [4.69, 9.17) is 4.98 Å². The fourth-order valence-corrected chi connectivity index (χ4v) is 4.20. The highest BCUT2D eigenvalue weighted by molar-refractivity contribution is 7.15. The van der Waals surface area contributed by atoms with Gasteiger partial charge in [0.1, 0.15) is 0 Å². The number of pyridine rings is 1. The Labute approximate surface area is 125 Å². The van der Waals surface area contributed by atoms with Crippen LogP contribution in [0.15, 0.2) is 24.7 Å². The minimum Gasteiger partial charge on any atom is -0.264 e. The molecule has 3 heteroatoms. The average molecular weight is 286 g/mol. The third-order valence-corrected chi connectivity index (χ3v) is 5.63. The summed E-state index contributed by atoms with van der Waals surface area (Å²) in [6.07, 6.45) is 12.3. The molecular weight excluding hydrogens is 264 g/mol. The topological polar surface area (TPSA) is 25.8 Å². The van der Waals surface area contributed by atoms with Gasteiger partial charge in [0.25, 0.3) is 0 Å². The lowest BCUT2D eigenvalue weighted by Crippen LogP contribution is -2.10. The fourth-order valence-electron chi connectivity index (χ4n) is 3.06. The van der Waals surface area contributed by atoms with Crippen LogP contribution in [0.2, 0.25) is 0 Å². The van der Waals surface area contributed by atoms with Crippen molar-refractivity contribution >= 4 is 11.3 Å². The molecule has 3 rings (SSSR count). The minimum absolute atomic E-state index is 0.692. The van der Waals surface area contributed by atoms with Gasteiger partial charge in [0, 0.05) is 24.5 Å². The number of aromatic nitrogens is 2. The van der Waals surface area contributed by atoms with Crippen LogP contribution in [-0.2, 0) is 6.42 Å². The van der Waals surface area contributed by atoms with Crippen molar-refractivity contribution in [3.8, 4) is 10.4 Å². The molecule has 1 aliphatic rings. The van der Waals surface area contributed by atoms with E-state index in [1.165, 1.54) is 46.7 Å². The molecule has 1 saturated carbocycles. The van der Waals surface area contributed by atoms with Crippen molar-refractivity contribution < 1.29 is 0 Å². The van der Waals surface area contributed by atoms with Crippen molar-refractivity contribution in [2.45, 2.75) is 51.9 Å². The molecule has 106 valence electrons. The van der Waals surface area contributed by atoms with Gasteiger partial charge in [-0.15, -0.1) is 11.3 Å². The van der Waals surface area contributed by atoms with E-state index in [-0.39, 0.29) is 0 Å². The highest BCUT2D eigenvalue weighted by Crippen LogP contribution is 2.39. The zero-order valence-corrected chi connectivity index (χ0v) is 13.1. The van der Waals surface area contributed by atoms with E-state index in [0.717, 1.165) is 12.3 Å². The monoisotopic (exact) mass is 286 g/mol. The first kappa shape index (κ1) is 13.7. The number of thiazole rings is 1. The van der Waals surface area contributed by atoms with Crippen LogP contribution in [0.3, 0.4) is 0 Å². The maximum absolute atomic E-state index is 4.71. The standard InChI is InChI=1S/C17H22N2S/c1-3-13-10-18-9-8-15(13)16-11-19-17(20-16)14-6-4-12(2)5-7-14/h8-12,14H,3-7H2,1-2H3. The van der Waals surface area contributed by atoms with Gasteiger partial charge in [0.15, 0.2) is 0 Å². The molecule has 2 aromatic rings. The molecule has 0 bridgehead atoms. The van der Waals surface area contributed by atoms with E-state index in [9.17, 15) is 0 Å². The summed E-state index contributed by atoms with van der Waals surface area (Å²) in [6.45, 7) is 4.55. The van der Waals surface area contributed by atoms with Crippen molar-refractivity contribution in [2.24, 2.45) is 5.92 Å². The number of nitrogens with zero attached hydrogens (tertiary/aromatic N) is 2. The van der Waals surface area contributed by atoms with Gasteiger partial charge in [0.05, 0.1) is 9.88 Å². The molecule has 0 N–H and O–H groups in total. The van der Waals surface area contributed by atoms with Gasteiger partial charge in [-0.05, 0) is 42.4 Å². The zero-order valence-electron chi connectivity index (χ0n) is 12.3. The highest BCUT2D eigenvalue weighted by Gasteiger charge is 2.22. The molecule has 1 fully saturated rings. The second-order valence-electron chi connectivity index (χ2n) is 5.91. The van der Waals surface area contributed by atoms with Crippen LogP contribution in [-0.4, -0.2) is 9.97 Å². The van der Waals surface area contributed by atoms with Crippen LogP contribution in [0, 0.1) is 5.92 Å². The fraction of sp³-hybridized carbons (Fsp3) is 0.529. The SMILES string of the molecule is CCc1cnccc1-c1cnc(C2CCC(C)CC2)s1. The Morgan fingerprint density at radius 3 is 2.75 bits per heavy atom. The molecule has 0 spiro atoms. The van der Waals surface area contributed by atoms with E-state index >= 15 is 0 Å². The number of aryl methyl sites for hydroxylation is 1. The molecular formula is C17H22N2S. The molecule has 2 aromatic heterocycles. The number of hydrogen-bond donors (Lipinski definition) is 0. The molecule has 20 heavy (non-hydrogen) atoms. The normalized spacial score (nSPS) is 22.9. The summed E-state index contributed by atoms with van der Waals surface area (Å²) in [5, 5.41) is 1.34. The Morgan fingerprint density at radius 2 is 2.00 bits per heavy atom. The lowest BCUT2D eigenvalue weighted by Gasteiger charge is -2.24. The Balaban J connectivity index is 1.83. The Bertz CT molecular complexity index is 568.